The zero-order valence-corrected chi connectivity index (χ0v) is 12.6. The van der Waals surface area contributed by atoms with Gasteiger partial charge in [0.05, 0.1) is 17.0 Å². The number of nitrogens with one attached hydrogen (secondary N) is 1. The van der Waals surface area contributed by atoms with Crippen LogP contribution in [0.5, 0.6) is 0 Å². The van der Waals surface area contributed by atoms with Crippen LogP contribution < -0.4 is 5.32 Å². The predicted molar refractivity (Wildman–Crippen MR) is 76.7 cm³/mol. The Labute approximate surface area is 124 Å². The third-order valence-corrected chi connectivity index (χ3v) is 3.89. The highest BCUT2D eigenvalue weighted by Crippen LogP contribution is 2.39. The summed E-state index contributed by atoms with van der Waals surface area (Å²) in [5.41, 5.74) is -1.14. The summed E-state index contributed by atoms with van der Waals surface area (Å²) >= 11 is 0. The lowest BCUT2D eigenvalue weighted by molar-refractivity contribution is -0.137. The van der Waals surface area contributed by atoms with Gasteiger partial charge in [0, 0.05) is 0 Å². The molecule has 0 aliphatic rings. The Bertz CT molecular complexity index is 503. The minimum absolute atomic E-state index is 0.0668. The van der Waals surface area contributed by atoms with E-state index in [0.29, 0.717) is 12.0 Å². The predicted octanol–water partition coefficient (Wildman–Crippen LogP) is 4.12. The fourth-order valence-electron chi connectivity index (χ4n) is 2.53. The number of nitrogens with zero attached hydrogens (tertiary/aromatic N) is 1. The van der Waals surface area contributed by atoms with E-state index in [1.807, 2.05) is 20.9 Å². The molecule has 0 heterocycles. The molecule has 5 heteroatoms. The first kappa shape index (κ1) is 17.5. The number of alkyl halides is 3. The molecular weight excluding hydrogens is 277 g/mol. The van der Waals surface area contributed by atoms with Crippen molar-refractivity contribution in [1.29, 1.82) is 5.26 Å². The first-order valence-electron chi connectivity index (χ1n) is 7.01. The Morgan fingerprint density at radius 3 is 2.33 bits per heavy atom. The van der Waals surface area contributed by atoms with Gasteiger partial charge in [-0.2, -0.15) is 18.4 Å². The van der Waals surface area contributed by atoms with Crippen LogP contribution in [-0.2, 0) is 11.6 Å². The average Bonchev–Trinajstić information content (AvgIpc) is 2.43. The standard InChI is InChI=1S/C16H21F3N2/c1-12(2)15(11-20,8-5-9-21-3)13-6-4-7-14(10-13)16(17,18)19/h4,6-7,10,12,21H,5,8-9H2,1-3H3. The van der Waals surface area contributed by atoms with Crippen LogP contribution in [0.1, 0.15) is 37.8 Å². The van der Waals surface area contributed by atoms with Gasteiger partial charge in [0.15, 0.2) is 0 Å². The van der Waals surface area contributed by atoms with Crippen molar-refractivity contribution in [2.45, 2.75) is 38.3 Å². The van der Waals surface area contributed by atoms with E-state index in [4.69, 9.17) is 0 Å². The number of rotatable bonds is 6. The van der Waals surface area contributed by atoms with Crippen LogP contribution in [0, 0.1) is 17.2 Å². The molecule has 21 heavy (non-hydrogen) atoms. The van der Waals surface area contributed by atoms with Crippen molar-refractivity contribution < 1.29 is 13.2 Å². The second-order valence-electron chi connectivity index (χ2n) is 5.52. The smallest absolute Gasteiger partial charge is 0.320 e. The molecule has 1 aromatic rings. The van der Waals surface area contributed by atoms with Gasteiger partial charge in [0.25, 0.3) is 0 Å². The fraction of sp³-hybridized carbons (Fsp3) is 0.562. The Morgan fingerprint density at radius 2 is 1.86 bits per heavy atom. The van der Waals surface area contributed by atoms with Gasteiger partial charge in [-0.3, -0.25) is 0 Å². The molecule has 0 aromatic heterocycles. The van der Waals surface area contributed by atoms with E-state index in [-0.39, 0.29) is 5.92 Å². The van der Waals surface area contributed by atoms with Crippen molar-refractivity contribution in [3.63, 3.8) is 0 Å². The summed E-state index contributed by atoms with van der Waals surface area (Å²) in [6, 6.07) is 7.43. The molecule has 116 valence electrons. The van der Waals surface area contributed by atoms with E-state index in [1.54, 1.807) is 6.07 Å². The van der Waals surface area contributed by atoms with Gasteiger partial charge < -0.3 is 5.32 Å². The largest absolute Gasteiger partial charge is 0.416 e. The fourth-order valence-corrected chi connectivity index (χ4v) is 2.53. The molecule has 0 spiro atoms. The van der Waals surface area contributed by atoms with Gasteiger partial charge in [-0.05, 0) is 44.0 Å². The number of halogens is 3. The number of hydrogen-bond acceptors (Lipinski definition) is 2. The van der Waals surface area contributed by atoms with E-state index in [9.17, 15) is 18.4 Å². The summed E-state index contributed by atoms with van der Waals surface area (Å²) in [5, 5.41) is 12.6. The molecule has 0 aliphatic carbocycles. The Kier molecular flexibility index (Phi) is 5.79. The topological polar surface area (TPSA) is 35.8 Å². The SMILES string of the molecule is CNCCCC(C#N)(c1cccc(C(F)(F)F)c1)C(C)C. The van der Waals surface area contributed by atoms with Gasteiger partial charge in [-0.1, -0.05) is 32.0 Å². The molecule has 1 atom stereocenters. The van der Waals surface area contributed by atoms with E-state index >= 15 is 0 Å². The van der Waals surface area contributed by atoms with Crippen molar-refractivity contribution in [3.8, 4) is 6.07 Å². The van der Waals surface area contributed by atoms with Crippen LogP contribution >= 0.6 is 0 Å². The summed E-state index contributed by atoms with van der Waals surface area (Å²) in [7, 11) is 1.81. The Morgan fingerprint density at radius 1 is 1.24 bits per heavy atom. The van der Waals surface area contributed by atoms with Crippen molar-refractivity contribution >= 4 is 0 Å². The highest BCUT2D eigenvalue weighted by Gasteiger charge is 2.38. The van der Waals surface area contributed by atoms with Crippen LogP contribution in [0.2, 0.25) is 0 Å². The van der Waals surface area contributed by atoms with Gasteiger partial charge >= 0.3 is 6.18 Å². The Hall–Kier alpha value is -1.54. The Balaban J connectivity index is 3.24. The third-order valence-electron chi connectivity index (χ3n) is 3.89. The summed E-state index contributed by atoms with van der Waals surface area (Å²) in [4.78, 5) is 0. The second-order valence-corrected chi connectivity index (χ2v) is 5.52. The van der Waals surface area contributed by atoms with Crippen molar-refractivity contribution in [3.05, 3.63) is 35.4 Å². The molecule has 1 unspecified atom stereocenters. The molecule has 1 N–H and O–H groups in total. The van der Waals surface area contributed by atoms with E-state index < -0.39 is 17.2 Å². The first-order valence-corrected chi connectivity index (χ1v) is 7.01. The molecule has 0 fully saturated rings. The summed E-state index contributed by atoms with van der Waals surface area (Å²) in [6.07, 6.45) is -3.12. The minimum Gasteiger partial charge on any atom is -0.320 e. The lowest BCUT2D eigenvalue weighted by atomic mass is 9.69. The van der Waals surface area contributed by atoms with Crippen LogP contribution in [0.15, 0.2) is 24.3 Å². The molecule has 1 rings (SSSR count). The number of hydrogen-bond donors (Lipinski definition) is 1. The average molecular weight is 298 g/mol. The van der Waals surface area contributed by atoms with Gasteiger partial charge in [0.2, 0.25) is 0 Å². The normalized spacial score (nSPS) is 14.8. The summed E-state index contributed by atoms with van der Waals surface area (Å²) in [6.45, 7) is 4.49. The zero-order chi connectivity index (χ0) is 16.1. The maximum absolute atomic E-state index is 12.9. The lowest BCUT2D eigenvalue weighted by Gasteiger charge is -2.32. The van der Waals surface area contributed by atoms with Gasteiger partial charge in [-0.15, -0.1) is 0 Å². The van der Waals surface area contributed by atoms with Gasteiger partial charge in [-0.25, -0.2) is 0 Å². The molecule has 0 amide bonds. The van der Waals surface area contributed by atoms with E-state index in [1.165, 1.54) is 6.07 Å². The monoisotopic (exact) mass is 298 g/mol. The molecule has 0 aliphatic heterocycles. The van der Waals surface area contributed by atoms with Crippen molar-refractivity contribution in [2.24, 2.45) is 5.92 Å². The highest BCUT2D eigenvalue weighted by atomic mass is 19.4. The molecule has 0 radical (unpaired) electrons. The maximum atomic E-state index is 12.9. The molecule has 1 aromatic carbocycles. The number of nitriles is 1. The molecule has 0 bridgehead atoms. The minimum atomic E-state index is -4.39. The molecule has 0 saturated heterocycles. The van der Waals surface area contributed by atoms with E-state index in [2.05, 4.69) is 11.4 Å². The van der Waals surface area contributed by atoms with Crippen molar-refractivity contribution in [1.82, 2.24) is 5.32 Å². The van der Waals surface area contributed by atoms with Crippen LogP contribution in [0.3, 0.4) is 0 Å². The second kappa shape index (κ2) is 6.95. The van der Waals surface area contributed by atoms with Crippen molar-refractivity contribution in [2.75, 3.05) is 13.6 Å². The van der Waals surface area contributed by atoms with Crippen LogP contribution in [0.25, 0.3) is 0 Å². The summed E-state index contributed by atoms with van der Waals surface area (Å²) in [5.74, 6) is -0.0668. The molecule has 0 saturated carbocycles. The van der Waals surface area contributed by atoms with Gasteiger partial charge in [0.1, 0.15) is 0 Å². The molecule has 2 nitrogen and oxygen atoms in total. The van der Waals surface area contributed by atoms with E-state index in [0.717, 1.165) is 25.1 Å². The van der Waals surface area contributed by atoms with Crippen LogP contribution in [-0.4, -0.2) is 13.6 Å². The third kappa shape index (κ3) is 3.98. The summed E-state index contributed by atoms with van der Waals surface area (Å²) < 4.78 is 38.6. The highest BCUT2D eigenvalue weighted by molar-refractivity contribution is 5.37. The van der Waals surface area contributed by atoms with Crippen LogP contribution in [0.4, 0.5) is 13.2 Å². The number of benzene rings is 1. The molecular formula is C16H21F3N2. The zero-order valence-electron chi connectivity index (χ0n) is 12.6. The lowest BCUT2D eigenvalue weighted by Crippen LogP contribution is -2.32. The quantitative estimate of drug-likeness (QED) is 0.802. The first-order chi connectivity index (χ1) is 9.78. The maximum Gasteiger partial charge on any atom is 0.416 e.